The Balaban J connectivity index is 1.68. The van der Waals surface area contributed by atoms with Crippen LogP contribution in [0.4, 0.5) is 0 Å². The van der Waals surface area contributed by atoms with E-state index in [1.807, 2.05) is 6.92 Å². The molecule has 3 fully saturated rings. The van der Waals surface area contributed by atoms with Crippen LogP contribution in [0, 0.1) is 11.8 Å². The molecule has 3 aliphatic rings. The Morgan fingerprint density at radius 1 is 1.38 bits per heavy atom. The average Bonchev–Trinajstić information content (AvgIpc) is 3.00. The molecule has 3 rings (SSSR count). The lowest BCUT2D eigenvalue weighted by Gasteiger charge is -2.50. The van der Waals surface area contributed by atoms with Crippen LogP contribution in [0.15, 0.2) is 0 Å². The Morgan fingerprint density at radius 2 is 2.14 bits per heavy atom. The summed E-state index contributed by atoms with van der Waals surface area (Å²) in [6.07, 6.45) is 1.40. The molecule has 0 aromatic rings. The van der Waals surface area contributed by atoms with Gasteiger partial charge in [0, 0.05) is 32.2 Å². The normalized spacial score (nSPS) is 33.3. The molecule has 3 saturated heterocycles. The van der Waals surface area contributed by atoms with Crippen molar-refractivity contribution in [2.45, 2.75) is 24.5 Å². The molecule has 7 heteroatoms. The van der Waals surface area contributed by atoms with Gasteiger partial charge in [-0.1, -0.05) is 0 Å². The topological polar surface area (TPSA) is 72.9 Å². The number of amides is 1. The van der Waals surface area contributed by atoms with E-state index in [-0.39, 0.29) is 23.5 Å². The summed E-state index contributed by atoms with van der Waals surface area (Å²) in [5, 5.41) is 0. The van der Waals surface area contributed by atoms with Gasteiger partial charge in [-0.2, -0.15) is 0 Å². The van der Waals surface area contributed by atoms with Gasteiger partial charge in [0.15, 0.2) is 9.84 Å². The van der Waals surface area contributed by atoms with Crippen LogP contribution in [0.3, 0.4) is 0 Å². The fourth-order valence-electron chi connectivity index (χ4n) is 3.71. The molecule has 0 aromatic carbocycles. The lowest BCUT2D eigenvalue weighted by atomic mass is 9.83. The molecule has 0 N–H and O–H groups in total. The van der Waals surface area contributed by atoms with E-state index < -0.39 is 14.6 Å². The predicted molar refractivity (Wildman–Crippen MR) is 76.6 cm³/mol. The summed E-state index contributed by atoms with van der Waals surface area (Å²) >= 11 is 0. The van der Waals surface area contributed by atoms with Crippen molar-refractivity contribution in [2.24, 2.45) is 11.8 Å². The zero-order valence-corrected chi connectivity index (χ0v) is 13.2. The van der Waals surface area contributed by atoms with Crippen LogP contribution in [0.2, 0.25) is 0 Å². The van der Waals surface area contributed by atoms with E-state index in [9.17, 15) is 13.2 Å². The number of carbonyl (C=O) groups is 1. The zero-order chi connectivity index (χ0) is 15.1. The molecule has 120 valence electrons. The van der Waals surface area contributed by atoms with Gasteiger partial charge in [-0.3, -0.25) is 4.79 Å². The predicted octanol–water partition coefficient (Wildman–Crippen LogP) is 0.0751. The van der Waals surface area contributed by atoms with Crippen LogP contribution < -0.4 is 0 Å². The lowest BCUT2D eigenvalue weighted by Crippen LogP contribution is -2.69. The number of hydrogen-bond acceptors (Lipinski definition) is 5. The van der Waals surface area contributed by atoms with Crippen molar-refractivity contribution in [3.8, 4) is 0 Å². The van der Waals surface area contributed by atoms with Gasteiger partial charge >= 0.3 is 0 Å². The summed E-state index contributed by atoms with van der Waals surface area (Å²) < 4.78 is 34.8. The second-order valence-electron chi connectivity index (χ2n) is 6.28. The third-order valence-corrected chi connectivity index (χ3v) is 7.73. The summed E-state index contributed by atoms with van der Waals surface area (Å²) in [4.78, 5) is 14.0. The molecule has 0 aromatic heterocycles. The van der Waals surface area contributed by atoms with Crippen molar-refractivity contribution in [3.05, 3.63) is 0 Å². The van der Waals surface area contributed by atoms with Gasteiger partial charge < -0.3 is 14.4 Å². The first-order valence-corrected chi connectivity index (χ1v) is 9.32. The molecule has 2 atom stereocenters. The van der Waals surface area contributed by atoms with Gasteiger partial charge in [0.25, 0.3) is 0 Å². The molecule has 0 bridgehead atoms. The highest BCUT2D eigenvalue weighted by Crippen LogP contribution is 2.45. The summed E-state index contributed by atoms with van der Waals surface area (Å²) in [5.74, 6) is 0.206. The zero-order valence-electron chi connectivity index (χ0n) is 12.4. The largest absolute Gasteiger partial charge is 0.381 e. The molecule has 1 spiro atoms. The van der Waals surface area contributed by atoms with Crippen molar-refractivity contribution < 1.29 is 22.7 Å². The van der Waals surface area contributed by atoms with Gasteiger partial charge in [-0.25, -0.2) is 8.42 Å². The Morgan fingerprint density at radius 3 is 2.76 bits per heavy atom. The number of rotatable bonds is 4. The van der Waals surface area contributed by atoms with Crippen molar-refractivity contribution >= 4 is 15.7 Å². The maximum absolute atomic E-state index is 12.4. The summed E-state index contributed by atoms with van der Waals surface area (Å²) in [7, 11) is -3.12. The molecule has 6 nitrogen and oxygen atoms in total. The number of sulfone groups is 1. The summed E-state index contributed by atoms with van der Waals surface area (Å²) in [6.45, 7) is 4.74. The quantitative estimate of drug-likeness (QED) is 0.734. The molecule has 0 radical (unpaired) electrons. The number of hydrogen-bond donors (Lipinski definition) is 0. The van der Waals surface area contributed by atoms with Crippen LogP contribution in [-0.2, 0) is 24.1 Å². The maximum Gasteiger partial charge on any atom is 0.228 e. The molecule has 3 heterocycles. The fourth-order valence-corrected chi connectivity index (χ4v) is 6.11. The average molecular weight is 317 g/mol. The summed E-state index contributed by atoms with van der Waals surface area (Å²) in [6, 6.07) is 0. The van der Waals surface area contributed by atoms with E-state index in [1.54, 1.807) is 4.90 Å². The molecular weight excluding hydrogens is 294 g/mol. The Bertz CT molecular complexity index is 505. The van der Waals surface area contributed by atoms with Gasteiger partial charge in [-0.15, -0.1) is 0 Å². The van der Waals surface area contributed by atoms with E-state index >= 15 is 0 Å². The van der Waals surface area contributed by atoms with E-state index in [2.05, 4.69) is 0 Å². The van der Waals surface area contributed by atoms with Crippen LogP contribution >= 0.6 is 0 Å². The van der Waals surface area contributed by atoms with Gasteiger partial charge in [0.2, 0.25) is 5.91 Å². The first-order valence-electron chi connectivity index (χ1n) is 7.67. The van der Waals surface area contributed by atoms with E-state index in [4.69, 9.17) is 9.47 Å². The molecule has 3 aliphatic heterocycles. The first-order chi connectivity index (χ1) is 10.00. The molecule has 0 unspecified atom stereocenters. The highest BCUT2D eigenvalue weighted by molar-refractivity contribution is 7.93. The van der Waals surface area contributed by atoms with Gasteiger partial charge in [0.05, 0.1) is 24.9 Å². The van der Waals surface area contributed by atoms with Crippen LogP contribution in [0.5, 0.6) is 0 Å². The smallest absolute Gasteiger partial charge is 0.228 e. The number of likely N-dealkylation sites (tertiary alicyclic amines) is 1. The molecule has 0 saturated carbocycles. The third kappa shape index (κ3) is 2.39. The highest BCUT2D eigenvalue weighted by Gasteiger charge is 2.62. The van der Waals surface area contributed by atoms with Crippen molar-refractivity contribution in [1.29, 1.82) is 0 Å². The van der Waals surface area contributed by atoms with E-state index in [1.165, 1.54) is 0 Å². The second-order valence-corrected chi connectivity index (χ2v) is 8.73. The van der Waals surface area contributed by atoms with Crippen LogP contribution in [-0.4, -0.2) is 69.2 Å². The van der Waals surface area contributed by atoms with Crippen molar-refractivity contribution in [1.82, 2.24) is 4.90 Å². The van der Waals surface area contributed by atoms with Gasteiger partial charge in [-0.05, 0) is 19.8 Å². The van der Waals surface area contributed by atoms with Crippen LogP contribution in [0.1, 0.15) is 19.8 Å². The minimum atomic E-state index is -3.12. The van der Waals surface area contributed by atoms with E-state index in [0.717, 1.165) is 6.42 Å². The Kier molecular flexibility index (Phi) is 4.00. The monoisotopic (exact) mass is 317 g/mol. The van der Waals surface area contributed by atoms with Gasteiger partial charge in [0.1, 0.15) is 4.75 Å². The Hall–Kier alpha value is -0.660. The Labute approximate surface area is 125 Å². The minimum absolute atomic E-state index is 0.0197. The molecule has 1 amide bonds. The molecule has 21 heavy (non-hydrogen) atoms. The second kappa shape index (κ2) is 5.52. The molecular formula is C14H23NO5S. The SMILES string of the molecule is CCOC[C@@H]1CCS(=O)(=O)C12CN(C(=O)[C@@H]1CCOC1)C2. The summed E-state index contributed by atoms with van der Waals surface area (Å²) in [5.41, 5.74) is 0. The standard InChI is InChI=1S/C14H23NO5S/c1-2-19-8-12-4-6-21(17,18)14(12)9-15(10-14)13(16)11-3-5-20-7-11/h11-12H,2-10H2,1H3/t11-,12+/m1/s1. The fraction of sp³-hybridized carbons (Fsp3) is 0.929. The van der Waals surface area contributed by atoms with Crippen molar-refractivity contribution in [2.75, 3.05) is 45.3 Å². The number of nitrogens with zero attached hydrogens (tertiary/aromatic N) is 1. The highest BCUT2D eigenvalue weighted by atomic mass is 32.2. The van der Waals surface area contributed by atoms with Crippen molar-refractivity contribution in [3.63, 3.8) is 0 Å². The maximum atomic E-state index is 12.4. The minimum Gasteiger partial charge on any atom is -0.381 e. The number of carbonyl (C=O) groups excluding carboxylic acids is 1. The number of ether oxygens (including phenoxy) is 2. The lowest BCUT2D eigenvalue weighted by molar-refractivity contribution is -0.142. The third-order valence-electron chi connectivity index (χ3n) is 5.13. The van der Waals surface area contributed by atoms with Crippen LogP contribution in [0.25, 0.3) is 0 Å². The first kappa shape index (κ1) is 15.2. The van der Waals surface area contributed by atoms with E-state index in [0.29, 0.717) is 45.9 Å². The molecule has 0 aliphatic carbocycles.